The predicted octanol–water partition coefficient (Wildman–Crippen LogP) is 2.91. The molecule has 2 aliphatic rings. The van der Waals surface area contributed by atoms with Crippen molar-refractivity contribution in [1.82, 2.24) is 5.32 Å². The topological polar surface area (TPSA) is 12.0 Å². The van der Waals surface area contributed by atoms with Gasteiger partial charge in [-0.05, 0) is 29.4 Å². The lowest BCUT2D eigenvalue weighted by Crippen LogP contribution is -2.48. The van der Waals surface area contributed by atoms with Crippen LogP contribution in [0.3, 0.4) is 0 Å². The molecule has 0 spiro atoms. The van der Waals surface area contributed by atoms with Crippen molar-refractivity contribution in [2.45, 2.75) is 52.6 Å². The summed E-state index contributed by atoms with van der Waals surface area (Å²) in [6.07, 6.45) is 2.73. The van der Waals surface area contributed by atoms with E-state index in [1.807, 2.05) is 0 Å². The molecule has 0 radical (unpaired) electrons. The second-order valence-electron chi connectivity index (χ2n) is 6.28. The summed E-state index contributed by atoms with van der Waals surface area (Å²) < 4.78 is 0. The summed E-state index contributed by atoms with van der Waals surface area (Å²) >= 11 is 2.11. The van der Waals surface area contributed by atoms with E-state index < -0.39 is 0 Å². The summed E-state index contributed by atoms with van der Waals surface area (Å²) in [5.74, 6) is 2.65. The lowest BCUT2D eigenvalue weighted by molar-refractivity contribution is 0.238. The first-order valence-corrected chi connectivity index (χ1v) is 6.91. The maximum atomic E-state index is 3.85. The minimum absolute atomic E-state index is 0.504. The summed E-state index contributed by atoms with van der Waals surface area (Å²) in [7, 11) is 0. The quantitative estimate of drug-likeness (QED) is 0.757. The molecule has 0 bridgehead atoms. The number of hydrogen-bond acceptors (Lipinski definition) is 2. The van der Waals surface area contributed by atoms with E-state index in [1.165, 1.54) is 24.3 Å². The van der Waals surface area contributed by atoms with Crippen molar-refractivity contribution in [2.75, 3.05) is 11.5 Å². The van der Waals surface area contributed by atoms with E-state index in [0.29, 0.717) is 10.8 Å². The molecule has 2 rings (SSSR count). The Morgan fingerprint density at radius 2 is 1.71 bits per heavy atom. The summed E-state index contributed by atoms with van der Waals surface area (Å²) in [5, 5.41) is 3.85. The predicted molar refractivity (Wildman–Crippen MR) is 64.8 cm³/mol. The Hall–Kier alpha value is 0.310. The third-order valence-electron chi connectivity index (χ3n) is 4.03. The van der Waals surface area contributed by atoms with Crippen LogP contribution in [0.5, 0.6) is 0 Å². The molecule has 1 aliphatic carbocycles. The lowest BCUT2D eigenvalue weighted by atomic mass is 9.82. The highest BCUT2D eigenvalue weighted by Gasteiger charge is 2.48. The largest absolute Gasteiger partial charge is 0.309 e. The normalized spacial score (nSPS) is 39.4. The number of hydrogen-bond donors (Lipinski definition) is 1. The summed E-state index contributed by atoms with van der Waals surface area (Å²) in [6.45, 7) is 9.57. The van der Waals surface area contributed by atoms with Gasteiger partial charge in [-0.2, -0.15) is 11.8 Å². The van der Waals surface area contributed by atoms with Gasteiger partial charge in [0.25, 0.3) is 0 Å². The molecular formula is C12H23NS. The van der Waals surface area contributed by atoms with Crippen LogP contribution in [0, 0.1) is 10.8 Å². The summed E-state index contributed by atoms with van der Waals surface area (Å²) in [6, 6.07) is 1.51. The van der Waals surface area contributed by atoms with Gasteiger partial charge in [0.1, 0.15) is 0 Å². The lowest BCUT2D eigenvalue weighted by Gasteiger charge is -2.39. The molecule has 2 heteroatoms. The van der Waals surface area contributed by atoms with Gasteiger partial charge >= 0.3 is 0 Å². The highest BCUT2D eigenvalue weighted by atomic mass is 32.2. The molecule has 14 heavy (non-hydrogen) atoms. The fourth-order valence-corrected chi connectivity index (χ4v) is 3.82. The van der Waals surface area contributed by atoms with Crippen LogP contribution in [0.2, 0.25) is 0 Å². The second kappa shape index (κ2) is 3.41. The molecule has 0 aromatic heterocycles. The van der Waals surface area contributed by atoms with E-state index >= 15 is 0 Å². The minimum Gasteiger partial charge on any atom is -0.309 e. The number of nitrogens with one attached hydrogen (secondary N) is 1. The molecule has 0 aromatic carbocycles. The van der Waals surface area contributed by atoms with Gasteiger partial charge < -0.3 is 5.32 Å². The molecular weight excluding hydrogens is 190 g/mol. The summed E-state index contributed by atoms with van der Waals surface area (Å²) in [4.78, 5) is 0. The fourth-order valence-electron chi connectivity index (χ4n) is 2.20. The van der Waals surface area contributed by atoms with E-state index in [1.54, 1.807) is 0 Å². The Labute approximate surface area is 92.4 Å². The highest BCUT2D eigenvalue weighted by Crippen LogP contribution is 2.46. The van der Waals surface area contributed by atoms with Crippen molar-refractivity contribution < 1.29 is 0 Å². The third-order valence-corrected chi connectivity index (χ3v) is 5.10. The first kappa shape index (κ1) is 10.8. The monoisotopic (exact) mass is 213 g/mol. The van der Waals surface area contributed by atoms with Crippen LogP contribution in [0.15, 0.2) is 0 Å². The van der Waals surface area contributed by atoms with Crippen molar-refractivity contribution in [2.24, 2.45) is 10.8 Å². The second-order valence-corrected chi connectivity index (χ2v) is 7.43. The van der Waals surface area contributed by atoms with Crippen LogP contribution < -0.4 is 5.32 Å². The van der Waals surface area contributed by atoms with Gasteiger partial charge in [-0.25, -0.2) is 0 Å². The van der Waals surface area contributed by atoms with E-state index in [-0.39, 0.29) is 0 Å². The molecule has 0 amide bonds. The van der Waals surface area contributed by atoms with Crippen LogP contribution in [0.25, 0.3) is 0 Å². The zero-order valence-electron chi connectivity index (χ0n) is 9.89. The zero-order valence-corrected chi connectivity index (χ0v) is 10.7. The Bertz CT molecular complexity index is 222. The zero-order chi connectivity index (χ0) is 10.4. The molecule has 0 aromatic rings. The van der Waals surface area contributed by atoms with Crippen molar-refractivity contribution in [3.63, 3.8) is 0 Å². The maximum absolute atomic E-state index is 3.85. The molecule has 1 N–H and O–H groups in total. The van der Waals surface area contributed by atoms with Crippen LogP contribution >= 0.6 is 11.8 Å². The van der Waals surface area contributed by atoms with Crippen LogP contribution in [-0.4, -0.2) is 23.6 Å². The number of thioether (sulfide) groups is 1. The minimum atomic E-state index is 0.504. The molecule has 2 unspecified atom stereocenters. The molecule has 1 heterocycles. The molecule has 2 fully saturated rings. The number of rotatable bonds is 2. The van der Waals surface area contributed by atoms with Crippen molar-refractivity contribution in [1.29, 1.82) is 0 Å². The Morgan fingerprint density at radius 1 is 1.07 bits per heavy atom. The first-order chi connectivity index (χ1) is 6.42. The Morgan fingerprint density at radius 3 is 2.21 bits per heavy atom. The molecule has 1 nitrogen and oxygen atoms in total. The van der Waals surface area contributed by atoms with Gasteiger partial charge in [-0.3, -0.25) is 0 Å². The fraction of sp³-hybridized carbons (Fsp3) is 1.00. The third kappa shape index (κ3) is 2.11. The van der Waals surface area contributed by atoms with Gasteiger partial charge in [0.05, 0.1) is 0 Å². The molecule has 1 saturated carbocycles. The van der Waals surface area contributed by atoms with Crippen molar-refractivity contribution in [3.05, 3.63) is 0 Å². The molecule has 1 saturated heterocycles. The Balaban J connectivity index is 1.90. The van der Waals surface area contributed by atoms with Gasteiger partial charge in [-0.15, -0.1) is 0 Å². The van der Waals surface area contributed by atoms with Crippen molar-refractivity contribution >= 4 is 11.8 Å². The van der Waals surface area contributed by atoms with Gasteiger partial charge in [0.15, 0.2) is 0 Å². The molecule has 82 valence electrons. The molecule has 1 aliphatic heterocycles. The smallest absolute Gasteiger partial charge is 0.0212 e. The van der Waals surface area contributed by atoms with Crippen LogP contribution in [0.4, 0.5) is 0 Å². The average Bonchev–Trinajstić information content (AvgIpc) is 2.63. The average molecular weight is 213 g/mol. The van der Waals surface area contributed by atoms with E-state index in [0.717, 1.165) is 12.1 Å². The Kier molecular flexibility index (Phi) is 2.64. The van der Waals surface area contributed by atoms with E-state index in [9.17, 15) is 0 Å². The van der Waals surface area contributed by atoms with Crippen LogP contribution in [0.1, 0.15) is 40.5 Å². The standard InChI is InChI=1S/C12H23NS/c1-11(2)5-6-14-8-10(11)13-9-7-12(9,3)4/h9-10,13H,5-8H2,1-4H3. The SMILES string of the molecule is CC1(C)CCSCC1NC1CC1(C)C. The van der Waals surface area contributed by atoms with Crippen LogP contribution in [-0.2, 0) is 0 Å². The van der Waals surface area contributed by atoms with Gasteiger partial charge in [0.2, 0.25) is 0 Å². The van der Waals surface area contributed by atoms with E-state index in [4.69, 9.17) is 0 Å². The van der Waals surface area contributed by atoms with Crippen molar-refractivity contribution in [3.8, 4) is 0 Å². The maximum Gasteiger partial charge on any atom is 0.0212 e. The summed E-state index contributed by atoms with van der Waals surface area (Å²) in [5.41, 5.74) is 1.07. The van der Waals surface area contributed by atoms with Gasteiger partial charge in [0, 0.05) is 17.8 Å². The first-order valence-electron chi connectivity index (χ1n) is 5.76. The highest BCUT2D eigenvalue weighted by molar-refractivity contribution is 7.99. The molecule has 2 atom stereocenters. The van der Waals surface area contributed by atoms with Gasteiger partial charge in [-0.1, -0.05) is 27.7 Å². The van der Waals surface area contributed by atoms with E-state index in [2.05, 4.69) is 44.8 Å².